The Morgan fingerprint density at radius 3 is 2.60 bits per heavy atom. The monoisotopic (exact) mass is 478 g/mol. The standard InChI is InChI=1S/C24H23FN6O4/c25-18-4-6-19(7-5-18)30-22-21(13-27-30)23(32)29(16-26-22)15-24(33)8-10-28(11-9-24)14-17-2-1-3-20(12-17)31(34)35/h1-7,12-13,16,33H,8-11,14-15H2. The number of likely N-dealkylation sites (tertiary alicyclic amines) is 1. The van der Waals surface area contributed by atoms with Crippen molar-refractivity contribution in [3.8, 4) is 5.69 Å². The number of aromatic nitrogens is 4. The third-order valence-electron chi connectivity index (χ3n) is 6.40. The number of piperidine rings is 1. The summed E-state index contributed by atoms with van der Waals surface area (Å²) in [5, 5.41) is 26.7. The van der Waals surface area contributed by atoms with Gasteiger partial charge in [-0.3, -0.25) is 24.4 Å². The molecule has 4 aromatic rings. The lowest BCUT2D eigenvalue weighted by Gasteiger charge is -2.38. The third kappa shape index (κ3) is 4.68. The van der Waals surface area contributed by atoms with E-state index >= 15 is 0 Å². The van der Waals surface area contributed by atoms with Crippen molar-refractivity contribution >= 4 is 16.7 Å². The van der Waals surface area contributed by atoms with Gasteiger partial charge in [-0.25, -0.2) is 14.1 Å². The van der Waals surface area contributed by atoms with Gasteiger partial charge in [0.2, 0.25) is 0 Å². The van der Waals surface area contributed by atoms with Gasteiger partial charge >= 0.3 is 0 Å². The second-order valence-corrected chi connectivity index (χ2v) is 8.88. The maximum Gasteiger partial charge on any atom is 0.269 e. The molecule has 2 aromatic carbocycles. The summed E-state index contributed by atoms with van der Waals surface area (Å²) in [6.07, 6.45) is 3.72. The van der Waals surface area contributed by atoms with Crippen molar-refractivity contribution in [1.29, 1.82) is 0 Å². The molecule has 11 heteroatoms. The van der Waals surface area contributed by atoms with E-state index in [1.807, 2.05) is 6.07 Å². The maximum atomic E-state index is 13.2. The minimum absolute atomic E-state index is 0.0565. The van der Waals surface area contributed by atoms with Crippen molar-refractivity contribution in [3.05, 3.63) is 92.9 Å². The summed E-state index contributed by atoms with van der Waals surface area (Å²) >= 11 is 0. The molecule has 0 unspecified atom stereocenters. The predicted octanol–water partition coefficient (Wildman–Crippen LogP) is 2.66. The number of nitrogens with zero attached hydrogens (tertiary/aromatic N) is 6. The molecule has 0 amide bonds. The Balaban J connectivity index is 1.28. The molecule has 2 aromatic heterocycles. The van der Waals surface area contributed by atoms with Gasteiger partial charge in [-0.15, -0.1) is 0 Å². The van der Waals surface area contributed by atoms with Crippen molar-refractivity contribution in [1.82, 2.24) is 24.2 Å². The highest BCUT2D eigenvalue weighted by molar-refractivity contribution is 5.74. The number of benzene rings is 2. The number of rotatable bonds is 6. The summed E-state index contributed by atoms with van der Waals surface area (Å²) in [6.45, 7) is 1.83. The first kappa shape index (κ1) is 22.8. The largest absolute Gasteiger partial charge is 0.388 e. The molecule has 3 heterocycles. The smallest absolute Gasteiger partial charge is 0.269 e. The van der Waals surface area contributed by atoms with Crippen LogP contribution in [0.15, 0.2) is 65.8 Å². The van der Waals surface area contributed by atoms with Gasteiger partial charge in [0, 0.05) is 31.8 Å². The zero-order chi connectivity index (χ0) is 24.6. The van der Waals surface area contributed by atoms with Gasteiger partial charge in [-0.2, -0.15) is 5.10 Å². The van der Waals surface area contributed by atoms with E-state index in [0.29, 0.717) is 49.2 Å². The summed E-state index contributed by atoms with van der Waals surface area (Å²) < 4.78 is 16.1. The van der Waals surface area contributed by atoms with Gasteiger partial charge in [0.15, 0.2) is 5.65 Å². The van der Waals surface area contributed by atoms with E-state index in [-0.39, 0.29) is 23.6 Å². The summed E-state index contributed by atoms with van der Waals surface area (Å²) in [5.74, 6) is -0.370. The lowest BCUT2D eigenvalue weighted by molar-refractivity contribution is -0.384. The fourth-order valence-corrected chi connectivity index (χ4v) is 4.46. The number of hydrogen-bond acceptors (Lipinski definition) is 7. The molecule has 35 heavy (non-hydrogen) atoms. The maximum absolute atomic E-state index is 13.2. The lowest BCUT2D eigenvalue weighted by Crippen LogP contribution is -2.47. The van der Waals surface area contributed by atoms with Gasteiger partial charge in [0.25, 0.3) is 11.2 Å². The van der Waals surface area contributed by atoms with E-state index in [9.17, 15) is 24.4 Å². The van der Waals surface area contributed by atoms with E-state index < -0.39 is 10.5 Å². The molecule has 180 valence electrons. The Bertz CT molecular complexity index is 1440. The van der Waals surface area contributed by atoms with Crippen LogP contribution in [0.4, 0.5) is 10.1 Å². The third-order valence-corrected chi connectivity index (χ3v) is 6.40. The first-order chi connectivity index (χ1) is 16.8. The second kappa shape index (κ2) is 9.01. The molecular weight excluding hydrogens is 455 g/mol. The molecule has 10 nitrogen and oxygen atoms in total. The number of non-ortho nitro benzene ring substituents is 1. The second-order valence-electron chi connectivity index (χ2n) is 8.88. The van der Waals surface area contributed by atoms with Crippen LogP contribution in [0.5, 0.6) is 0 Å². The number of nitro groups is 1. The fraction of sp³-hybridized carbons (Fsp3) is 0.292. The number of halogens is 1. The molecular formula is C24H23FN6O4. The Morgan fingerprint density at radius 2 is 1.89 bits per heavy atom. The topological polar surface area (TPSA) is 119 Å². The normalized spacial score (nSPS) is 15.9. The molecule has 0 spiro atoms. The molecule has 0 radical (unpaired) electrons. The van der Waals surface area contributed by atoms with Gasteiger partial charge < -0.3 is 5.11 Å². The van der Waals surface area contributed by atoms with Crippen LogP contribution in [0.2, 0.25) is 0 Å². The zero-order valence-corrected chi connectivity index (χ0v) is 18.7. The van der Waals surface area contributed by atoms with E-state index in [1.165, 1.54) is 40.0 Å². The van der Waals surface area contributed by atoms with Crippen molar-refractivity contribution < 1.29 is 14.4 Å². The molecule has 1 fully saturated rings. The van der Waals surface area contributed by atoms with Gasteiger partial charge in [0.05, 0.1) is 29.0 Å². The van der Waals surface area contributed by atoms with Crippen molar-refractivity contribution in [2.75, 3.05) is 13.1 Å². The highest BCUT2D eigenvalue weighted by Gasteiger charge is 2.33. The summed E-state index contributed by atoms with van der Waals surface area (Å²) in [7, 11) is 0. The van der Waals surface area contributed by atoms with Crippen LogP contribution < -0.4 is 5.56 Å². The molecule has 1 saturated heterocycles. The minimum Gasteiger partial charge on any atom is -0.388 e. The highest BCUT2D eigenvalue weighted by atomic mass is 19.1. The van der Waals surface area contributed by atoms with Crippen LogP contribution in [-0.2, 0) is 13.1 Å². The van der Waals surface area contributed by atoms with Crippen LogP contribution in [0.1, 0.15) is 18.4 Å². The van der Waals surface area contributed by atoms with Crippen molar-refractivity contribution in [2.24, 2.45) is 0 Å². The minimum atomic E-state index is -1.08. The summed E-state index contributed by atoms with van der Waals surface area (Å²) in [4.78, 5) is 30.2. The van der Waals surface area contributed by atoms with Crippen molar-refractivity contribution in [2.45, 2.75) is 31.5 Å². The summed E-state index contributed by atoms with van der Waals surface area (Å²) in [6, 6.07) is 12.3. The number of nitro benzene ring substituents is 1. The van der Waals surface area contributed by atoms with Crippen LogP contribution in [0.25, 0.3) is 16.7 Å². The number of hydrogen-bond donors (Lipinski definition) is 1. The van der Waals surface area contributed by atoms with Crippen LogP contribution in [0, 0.1) is 15.9 Å². The van der Waals surface area contributed by atoms with Crippen LogP contribution in [0.3, 0.4) is 0 Å². The zero-order valence-electron chi connectivity index (χ0n) is 18.7. The van der Waals surface area contributed by atoms with Gasteiger partial charge in [-0.1, -0.05) is 12.1 Å². The first-order valence-electron chi connectivity index (χ1n) is 11.2. The van der Waals surface area contributed by atoms with Gasteiger partial charge in [-0.05, 0) is 42.7 Å². The Labute approximate surface area is 199 Å². The molecule has 0 saturated carbocycles. The van der Waals surface area contributed by atoms with Gasteiger partial charge in [0.1, 0.15) is 17.5 Å². The molecule has 5 rings (SSSR count). The van der Waals surface area contributed by atoms with E-state index in [2.05, 4.69) is 15.0 Å². The predicted molar refractivity (Wildman–Crippen MR) is 126 cm³/mol. The highest BCUT2D eigenvalue weighted by Crippen LogP contribution is 2.26. The van der Waals surface area contributed by atoms with E-state index in [0.717, 1.165) is 5.56 Å². The first-order valence-corrected chi connectivity index (χ1v) is 11.2. The van der Waals surface area contributed by atoms with Crippen LogP contribution >= 0.6 is 0 Å². The Hall–Kier alpha value is -3.96. The fourth-order valence-electron chi connectivity index (χ4n) is 4.46. The molecule has 0 bridgehead atoms. The SMILES string of the molecule is O=c1c2cnn(-c3ccc(F)cc3)c2ncn1CC1(O)CCN(Cc2cccc([N+](=O)[O-])c2)CC1. The Kier molecular flexibility index (Phi) is 5.87. The van der Waals surface area contributed by atoms with E-state index in [4.69, 9.17) is 0 Å². The summed E-state index contributed by atoms with van der Waals surface area (Å²) in [5.41, 5.74) is 0.452. The van der Waals surface area contributed by atoms with Crippen LogP contribution in [-0.4, -0.2) is 53.0 Å². The number of aliphatic hydroxyl groups is 1. The average Bonchev–Trinajstić information content (AvgIpc) is 3.28. The quantitative estimate of drug-likeness (QED) is 0.334. The van der Waals surface area contributed by atoms with Crippen molar-refractivity contribution in [3.63, 3.8) is 0 Å². The molecule has 0 aliphatic carbocycles. The molecule has 0 atom stereocenters. The number of fused-ring (bicyclic) bond motifs is 1. The van der Waals surface area contributed by atoms with E-state index in [1.54, 1.807) is 24.3 Å². The Morgan fingerprint density at radius 1 is 1.14 bits per heavy atom. The molecule has 1 N–H and O–H groups in total. The average molecular weight is 478 g/mol. The molecule has 1 aliphatic heterocycles. The lowest BCUT2D eigenvalue weighted by atomic mass is 9.91. The molecule has 1 aliphatic rings.